The number of hydrogen-bond acceptors (Lipinski definition) is 3. The van der Waals surface area contributed by atoms with Gasteiger partial charge in [0, 0.05) is 29.5 Å². The smallest absolute Gasteiger partial charge is 0.0794 e. The molecule has 4 heteroatoms. The fraction of sp³-hybridized carbons (Fsp3) is 0.700. The normalized spacial score (nSPS) is 23.1. The molecule has 0 amide bonds. The van der Waals surface area contributed by atoms with Gasteiger partial charge in [-0.3, -0.25) is 9.88 Å². The first kappa shape index (κ1) is 10.6. The molecule has 1 aromatic heterocycles. The zero-order valence-electron chi connectivity index (χ0n) is 8.16. The number of likely N-dealkylation sites (tertiary alicyclic amines) is 1. The van der Waals surface area contributed by atoms with Gasteiger partial charge in [-0.25, -0.2) is 0 Å². The molecule has 78 valence electrons. The minimum absolute atomic E-state index is 0.905. The summed E-state index contributed by atoms with van der Waals surface area (Å²) >= 11 is 5.28. The monoisotopic (exact) mass is 274 g/mol. The average molecular weight is 275 g/mol. The molecular formula is C10H15BrN2S. The Kier molecular flexibility index (Phi) is 3.96. The van der Waals surface area contributed by atoms with Gasteiger partial charge in [0.2, 0.25) is 0 Å². The van der Waals surface area contributed by atoms with Gasteiger partial charge in [-0.05, 0) is 25.3 Å². The molecule has 14 heavy (non-hydrogen) atoms. The SMILES string of the molecule is BrCCC1CCN(Cc2cncs2)C1. The van der Waals surface area contributed by atoms with Crippen LogP contribution in [0.3, 0.4) is 0 Å². The largest absolute Gasteiger partial charge is 0.298 e. The third-order valence-corrected chi connectivity index (χ3v) is 3.97. The lowest BCUT2D eigenvalue weighted by Gasteiger charge is -2.13. The summed E-state index contributed by atoms with van der Waals surface area (Å²) in [5.41, 5.74) is 1.92. The van der Waals surface area contributed by atoms with E-state index in [4.69, 9.17) is 0 Å². The van der Waals surface area contributed by atoms with E-state index in [0.29, 0.717) is 0 Å². The zero-order chi connectivity index (χ0) is 9.80. The van der Waals surface area contributed by atoms with E-state index in [0.717, 1.165) is 17.8 Å². The highest BCUT2D eigenvalue weighted by Crippen LogP contribution is 2.22. The average Bonchev–Trinajstić information content (AvgIpc) is 2.79. The van der Waals surface area contributed by atoms with Crippen molar-refractivity contribution in [1.82, 2.24) is 9.88 Å². The van der Waals surface area contributed by atoms with Crippen molar-refractivity contribution >= 4 is 27.3 Å². The Morgan fingerprint density at radius 1 is 1.64 bits per heavy atom. The Hall–Kier alpha value is 0.0700. The van der Waals surface area contributed by atoms with E-state index in [1.165, 1.54) is 30.8 Å². The molecule has 1 atom stereocenters. The number of rotatable bonds is 4. The second-order valence-corrected chi connectivity index (χ2v) is 5.60. The van der Waals surface area contributed by atoms with Crippen LogP contribution in [0.4, 0.5) is 0 Å². The van der Waals surface area contributed by atoms with Gasteiger partial charge in [0.1, 0.15) is 0 Å². The summed E-state index contributed by atoms with van der Waals surface area (Å²) in [6, 6.07) is 0. The lowest BCUT2D eigenvalue weighted by atomic mass is 10.1. The summed E-state index contributed by atoms with van der Waals surface area (Å²) in [5.74, 6) is 0.905. The Labute approximate surface area is 97.5 Å². The maximum absolute atomic E-state index is 4.10. The van der Waals surface area contributed by atoms with E-state index < -0.39 is 0 Å². The van der Waals surface area contributed by atoms with Gasteiger partial charge in [0.15, 0.2) is 0 Å². The summed E-state index contributed by atoms with van der Waals surface area (Å²) in [4.78, 5) is 8.04. The van der Waals surface area contributed by atoms with Crippen LogP contribution in [-0.2, 0) is 6.54 Å². The van der Waals surface area contributed by atoms with Crippen LogP contribution >= 0.6 is 27.3 Å². The van der Waals surface area contributed by atoms with Crippen molar-refractivity contribution in [2.45, 2.75) is 19.4 Å². The second-order valence-electron chi connectivity index (χ2n) is 3.84. The maximum Gasteiger partial charge on any atom is 0.0794 e. The minimum Gasteiger partial charge on any atom is -0.298 e. The zero-order valence-corrected chi connectivity index (χ0v) is 10.6. The Balaban J connectivity index is 1.79. The van der Waals surface area contributed by atoms with Crippen molar-refractivity contribution in [2.24, 2.45) is 5.92 Å². The molecule has 0 aromatic carbocycles. The number of hydrogen-bond donors (Lipinski definition) is 0. The molecule has 0 radical (unpaired) electrons. The quantitative estimate of drug-likeness (QED) is 0.785. The molecule has 2 nitrogen and oxygen atoms in total. The van der Waals surface area contributed by atoms with Crippen LogP contribution < -0.4 is 0 Å². The van der Waals surface area contributed by atoms with Crippen molar-refractivity contribution < 1.29 is 0 Å². The van der Waals surface area contributed by atoms with E-state index in [1.54, 1.807) is 11.3 Å². The van der Waals surface area contributed by atoms with Crippen LogP contribution in [0.5, 0.6) is 0 Å². The fourth-order valence-electron chi connectivity index (χ4n) is 1.99. The molecule has 0 spiro atoms. The first-order chi connectivity index (χ1) is 6.88. The molecule has 2 heterocycles. The van der Waals surface area contributed by atoms with Crippen LogP contribution in [0.1, 0.15) is 17.7 Å². The van der Waals surface area contributed by atoms with Crippen LogP contribution in [-0.4, -0.2) is 28.3 Å². The number of thiazole rings is 1. The fourth-order valence-corrected chi connectivity index (χ4v) is 3.27. The lowest BCUT2D eigenvalue weighted by Crippen LogP contribution is -2.19. The number of aromatic nitrogens is 1. The van der Waals surface area contributed by atoms with Gasteiger partial charge in [0.05, 0.1) is 5.51 Å². The molecule has 0 N–H and O–H groups in total. The highest BCUT2D eigenvalue weighted by atomic mass is 79.9. The molecule has 0 saturated carbocycles. The molecule has 0 bridgehead atoms. The van der Waals surface area contributed by atoms with E-state index in [2.05, 4.69) is 25.8 Å². The number of nitrogens with zero attached hydrogens (tertiary/aromatic N) is 2. The first-order valence-electron chi connectivity index (χ1n) is 5.04. The summed E-state index contributed by atoms with van der Waals surface area (Å²) in [5, 5.41) is 1.14. The van der Waals surface area contributed by atoms with Crippen LogP contribution in [0.25, 0.3) is 0 Å². The predicted octanol–water partition coefficient (Wildman–Crippen LogP) is 2.75. The Morgan fingerprint density at radius 2 is 2.57 bits per heavy atom. The first-order valence-corrected chi connectivity index (χ1v) is 7.04. The highest BCUT2D eigenvalue weighted by Gasteiger charge is 2.21. The molecule has 0 aliphatic carbocycles. The molecule has 1 unspecified atom stereocenters. The van der Waals surface area contributed by atoms with Gasteiger partial charge in [-0.1, -0.05) is 15.9 Å². The summed E-state index contributed by atoms with van der Waals surface area (Å²) in [6.07, 6.45) is 4.67. The molecule has 1 fully saturated rings. The van der Waals surface area contributed by atoms with Gasteiger partial charge in [-0.15, -0.1) is 11.3 Å². The van der Waals surface area contributed by atoms with Crippen molar-refractivity contribution in [1.29, 1.82) is 0 Å². The number of halogens is 1. The predicted molar refractivity (Wildman–Crippen MR) is 63.9 cm³/mol. The lowest BCUT2D eigenvalue weighted by molar-refractivity contribution is 0.318. The highest BCUT2D eigenvalue weighted by molar-refractivity contribution is 9.09. The van der Waals surface area contributed by atoms with Crippen molar-refractivity contribution in [3.8, 4) is 0 Å². The van der Waals surface area contributed by atoms with E-state index in [-0.39, 0.29) is 0 Å². The van der Waals surface area contributed by atoms with Gasteiger partial charge in [0.25, 0.3) is 0 Å². The number of alkyl halides is 1. The van der Waals surface area contributed by atoms with Gasteiger partial charge in [-0.2, -0.15) is 0 Å². The Morgan fingerprint density at radius 3 is 3.29 bits per heavy atom. The maximum atomic E-state index is 4.10. The standard InChI is InChI=1S/C10H15BrN2S/c11-3-1-9-2-4-13(6-9)7-10-5-12-8-14-10/h5,8-9H,1-4,6-7H2. The van der Waals surface area contributed by atoms with Crippen LogP contribution in [0, 0.1) is 5.92 Å². The van der Waals surface area contributed by atoms with Gasteiger partial charge < -0.3 is 0 Å². The van der Waals surface area contributed by atoms with Crippen LogP contribution in [0.2, 0.25) is 0 Å². The third-order valence-electron chi connectivity index (χ3n) is 2.75. The second kappa shape index (κ2) is 5.24. The Bertz CT molecular complexity index is 263. The minimum atomic E-state index is 0.905. The summed E-state index contributed by atoms with van der Waals surface area (Å²) < 4.78 is 0. The molecule has 1 saturated heterocycles. The van der Waals surface area contributed by atoms with Crippen molar-refractivity contribution in [2.75, 3.05) is 18.4 Å². The summed E-state index contributed by atoms with van der Waals surface area (Å²) in [7, 11) is 0. The molecular weight excluding hydrogens is 260 g/mol. The topological polar surface area (TPSA) is 16.1 Å². The van der Waals surface area contributed by atoms with Crippen molar-refractivity contribution in [3.05, 3.63) is 16.6 Å². The van der Waals surface area contributed by atoms with Crippen molar-refractivity contribution in [3.63, 3.8) is 0 Å². The van der Waals surface area contributed by atoms with E-state index in [1.807, 2.05) is 11.7 Å². The van der Waals surface area contributed by atoms with E-state index >= 15 is 0 Å². The van der Waals surface area contributed by atoms with E-state index in [9.17, 15) is 0 Å². The van der Waals surface area contributed by atoms with Gasteiger partial charge >= 0.3 is 0 Å². The van der Waals surface area contributed by atoms with Crippen LogP contribution in [0.15, 0.2) is 11.7 Å². The summed E-state index contributed by atoms with van der Waals surface area (Å²) in [6.45, 7) is 3.63. The molecule has 2 rings (SSSR count). The molecule has 1 aromatic rings. The third kappa shape index (κ3) is 2.78. The molecule has 1 aliphatic rings. The molecule has 1 aliphatic heterocycles.